The van der Waals surface area contributed by atoms with Gasteiger partial charge in [0.25, 0.3) is 10.0 Å². The van der Waals surface area contributed by atoms with Crippen molar-refractivity contribution in [1.29, 1.82) is 0 Å². The molecule has 0 radical (unpaired) electrons. The minimum atomic E-state index is -3.49. The highest BCUT2D eigenvalue weighted by atomic mass is 32.2. The number of hydrogen-bond acceptors (Lipinski definition) is 5. The SMILES string of the molecule is CCc1ccc(CNCc2ccc(S(=O)(=O)N(C)C)o2)s1. The average molecular weight is 328 g/mol. The highest BCUT2D eigenvalue weighted by molar-refractivity contribution is 7.88. The fourth-order valence-corrected chi connectivity index (χ4v) is 3.53. The fraction of sp³-hybridized carbons (Fsp3) is 0.429. The molecule has 0 amide bonds. The fourth-order valence-electron chi connectivity index (χ4n) is 1.79. The molecule has 2 aromatic rings. The molecule has 0 bridgehead atoms. The summed E-state index contributed by atoms with van der Waals surface area (Å²) in [6.07, 6.45) is 1.05. The van der Waals surface area contributed by atoms with Crippen LogP contribution in [0, 0.1) is 0 Å². The van der Waals surface area contributed by atoms with E-state index in [1.54, 1.807) is 17.4 Å². The van der Waals surface area contributed by atoms with Crippen LogP contribution in [0.1, 0.15) is 22.4 Å². The van der Waals surface area contributed by atoms with E-state index in [1.807, 2.05) is 0 Å². The first-order chi connectivity index (χ1) is 9.93. The maximum absolute atomic E-state index is 11.9. The summed E-state index contributed by atoms with van der Waals surface area (Å²) in [7, 11) is -0.524. The van der Waals surface area contributed by atoms with Crippen LogP contribution in [-0.4, -0.2) is 26.8 Å². The second kappa shape index (κ2) is 6.74. The summed E-state index contributed by atoms with van der Waals surface area (Å²) in [5.41, 5.74) is 0. The van der Waals surface area contributed by atoms with E-state index in [-0.39, 0.29) is 5.09 Å². The number of thiophene rings is 1. The van der Waals surface area contributed by atoms with Gasteiger partial charge < -0.3 is 9.73 Å². The Morgan fingerprint density at radius 2 is 1.86 bits per heavy atom. The van der Waals surface area contributed by atoms with Gasteiger partial charge in [-0.05, 0) is 30.7 Å². The van der Waals surface area contributed by atoms with Gasteiger partial charge in [-0.3, -0.25) is 0 Å². The van der Waals surface area contributed by atoms with Crippen molar-refractivity contribution in [3.8, 4) is 0 Å². The van der Waals surface area contributed by atoms with Crippen LogP contribution in [0.2, 0.25) is 0 Å². The van der Waals surface area contributed by atoms with Crippen LogP contribution in [0.5, 0.6) is 0 Å². The number of nitrogens with zero attached hydrogens (tertiary/aromatic N) is 1. The summed E-state index contributed by atoms with van der Waals surface area (Å²) in [4.78, 5) is 2.63. The number of aryl methyl sites for hydroxylation is 1. The van der Waals surface area contributed by atoms with Crippen LogP contribution in [-0.2, 0) is 29.5 Å². The summed E-state index contributed by atoms with van der Waals surface area (Å²) in [5, 5.41) is 3.24. The summed E-state index contributed by atoms with van der Waals surface area (Å²) in [6, 6.07) is 7.43. The Balaban J connectivity index is 1.91. The molecule has 116 valence electrons. The Morgan fingerprint density at radius 1 is 1.14 bits per heavy atom. The van der Waals surface area contributed by atoms with Gasteiger partial charge in [-0.25, -0.2) is 12.7 Å². The topological polar surface area (TPSA) is 62.6 Å². The van der Waals surface area contributed by atoms with Gasteiger partial charge in [0.05, 0.1) is 6.54 Å². The zero-order chi connectivity index (χ0) is 15.5. The molecule has 0 aliphatic carbocycles. The molecule has 0 spiro atoms. The molecular weight excluding hydrogens is 308 g/mol. The van der Waals surface area contributed by atoms with Gasteiger partial charge in [-0.1, -0.05) is 6.92 Å². The monoisotopic (exact) mass is 328 g/mol. The van der Waals surface area contributed by atoms with E-state index < -0.39 is 10.0 Å². The molecule has 2 rings (SSSR count). The summed E-state index contributed by atoms with van der Waals surface area (Å²) in [6.45, 7) is 3.39. The van der Waals surface area contributed by atoms with Crippen LogP contribution in [0.25, 0.3) is 0 Å². The van der Waals surface area contributed by atoms with Gasteiger partial charge in [-0.2, -0.15) is 0 Å². The van der Waals surface area contributed by atoms with Gasteiger partial charge in [-0.15, -0.1) is 11.3 Å². The van der Waals surface area contributed by atoms with Gasteiger partial charge in [0.1, 0.15) is 5.76 Å². The first-order valence-corrected chi connectivity index (χ1v) is 8.98. The van der Waals surface area contributed by atoms with E-state index in [1.165, 1.54) is 29.9 Å². The highest BCUT2D eigenvalue weighted by Gasteiger charge is 2.21. The van der Waals surface area contributed by atoms with E-state index >= 15 is 0 Å². The predicted molar refractivity (Wildman–Crippen MR) is 83.8 cm³/mol. The van der Waals surface area contributed by atoms with Crippen molar-refractivity contribution in [2.75, 3.05) is 14.1 Å². The predicted octanol–water partition coefficient (Wildman–Crippen LogP) is 2.44. The van der Waals surface area contributed by atoms with Crippen LogP contribution < -0.4 is 5.32 Å². The first kappa shape index (κ1) is 16.2. The Bertz CT molecular complexity index is 687. The molecule has 0 aromatic carbocycles. The Kier molecular flexibility index (Phi) is 5.21. The second-order valence-corrected chi connectivity index (χ2v) is 8.17. The molecule has 0 unspecified atom stereocenters. The quantitative estimate of drug-likeness (QED) is 0.848. The van der Waals surface area contributed by atoms with E-state index in [4.69, 9.17) is 4.42 Å². The van der Waals surface area contributed by atoms with Crippen molar-refractivity contribution in [2.45, 2.75) is 31.5 Å². The molecule has 5 nitrogen and oxygen atoms in total. The smallest absolute Gasteiger partial charge is 0.275 e. The molecule has 1 N–H and O–H groups in total. The Hall–Kier alpha value is -1.15. The lowest BCUT2D eigenvalue weighted by molar-refractivity contribution is 0.389. The van der Waals surface area contributed by atoms with Crippen LogP contribution >= 0.6 is 11.3 Å². The molecule has 2 aromatic heterocycles. The van der Waals surface area contributed by atoms with Crippen molar-refractivity contribution < 1.29 is 12.8 Å². The Labute approximate surface area is 129 Å². The van der Waals surface area contributed by atoms with E-state index in [0.717, 1.165) is 17.3 Å². The minimum Gasteiger partial charge on any atom is -0.447 e. The number of hydrogen-bond donors (Lipinski definition) is 1. The molecule has 2 heterocycles. The van der Waals surface area contributed by atoms with Crippen molar-refractivity contribution in [3.63, 3.8) is 0 Å². The number of furan rings is 1. The molecule has 0 fully saturated rings. The molecule has 0 aliphatic rings. The summed E-state index contributed by atoms with van der Waals surface area (Å²) >= 11 is 1.79. The lowest BCUT2D eigenvalue weighted by Gasteiger charge is -2.07. The van der Waals surface area contributed by atoms with Gasteiger partial charge in [0.2, 0.25) is 5.09 Å². The van der Waals surface area contributed by atoms with Gasteiger partial charge >= 0.3 is 0 Å². The first-order valence-electron chi connectivity index (χ1n) is 6.73. The molecule has 0 atom stereocenters. The van der Waals surface area contributed by atoms with Crippen LogP contribution in [0.15, 0.2) is 33.8 Å². The standard InChI is InChI=1S/C14H20N2O3S2/c1-4-12-6-7-13(20-12)10-15-9-11-5-8-14(19-11)21(17,18)16(2)3/h5-8,15H,4,9-10H2,1-3H3. The van der Waals surface area contributed by atoms with Gasteiger partial charge in [0.15, 0.2) is 0 Å². The molecule has 0 aliphatic heterocycles. The maximum Gasteiger partial charge on any atom is 0.275 e. The van der Waals surface area contributed by atoms with Crippen molar-refractivity contribution in [3.05, 3.63) is 39.8 Å². The lowest BCUT2D eigenvalue weighted by Crippen LogP contribution is -2.21. The molecule has 0 saturated heterocycles. The number of rotatable bonds is 7. The van der Waals surface area contributed by atoms with Crippen molar-refractivity contribution >= 4 is 21.4 Å². The summed E-state index contributed by atoms with van der Waals surface area (Å²) in [5.74, 6) is 0.614. The minimum absolute atomic E-state index is 0.0197. The van der Waals surface area contributed by atoms with Crippen LogP contribution in [0.3, 0.4) is 0 Å². The third-order valence-electron chi connectivity index (χ3n) is 3.04. The third kappa shape index (κ3) is 3.94. The zero-order valence-corrected chi connectivity index (χ0v) is 14.1. The van der Waals surface area contributed by atoms with E-state index in [9.17, 15) is 8.42 Å². The van der Waals surface area contributed by atoms with Gasteiger partial charge in [0, 0.05) is 30.4 Å². The zero-order valence-electron chi connectivity index (χ0n) is 12.4. The lowest BCUT2D eigenvalue weighted by atomic mass is 10.3. The molecule has 21 heavy (non-hydrogen) atoms. The largest absolute Gasteiger partial charge is 0.447 e. The normalized spacial score (nSPS) is 12.2. The van der Waals surface area contributed by atoms with E-state index in [0.29, 0.717) is 12.3 Å². The molecular formula is C14H20N2O3S2. The molecule has 7 heteroatoms. The number of sulfonamides is 1. The second-order valence-electron chi connectivity index (χ2n) is 4.83. The van der Waals surface area contributed by atoms with E-state index in [2.05, 4.69) is 24.4 Å². The average Bonchev–Trinajstić information content (AvgIpc) is 3.07. The molecule has 0 saturated carbocycles. The van der Waals surface area contributed by atoms with Crippen LogP contribution in [0.4, 0.5) is 0 Å². The maximum atomic E-state index is 11.9. The third-order valence-corrected chi connectivity index (χ3v) is 5.96. The van der Waals surface area contributed by atoms with Crippen molar-refractivity contribution in [1.82, 2.24) is 9.62 Å². The highest BCUT2D eigenvalue weighted by Crippen LogP contribution is 2.18. The Morgan fingerprint density at radius 3 is 2.48 bits per heavy atom. The summed E-state index contributed by atoms with van der Waals surface area (Å²) < 4.78 is 30.3. The number of nitrogens with one attached hydrogen (secondary N) is 1. The van der Waals surface area contributed by atoms with Crippen molar-refractivity contribution in [2.24, 2.45) is 0 Å².